The van der Waals surface area contributed by atoms with Crippen molar-refractivity contribution in [3.05, 3.63) is 12.0 Å². The van der Waals surface area contributed by atoms with E-state index in [1.54, 1.807) is 0 Å². The minimum Gasteiger partial charge on any atom is -0.374 e. The SMILES string of the molecule is C=CS(=O)(=O)N1CCC2(CCCCO2)C1. The standard InChI is InChI=1S/C10H17NO3S/c1-2-15(12,13)11-7-6-10(9-11)5-3-4-8-14-10/h2H,1,3-9H2. The van der Waals surface area contributed by atoms with Gasteiger partial charge in [-0.25, -0.2) is 8.42 Å². The third-order valence-electron chi connectivity index (χ3n) is 3.29. The molecule has 2 heterocycles. The minimum atomic E-state index is -3.26. The molecule has 0 aromatic carbocycles. The first-order chi connectivity index (χ1) is 7.08. The van der Waals surface area contributed by atoms with Gasteiger partial charge < -0.3 is 4.74 Å². The lowest BCUT2D eigenvalue weighted by atomic mass is 9.93. The fourth-order valence-electron chi connectivity index (χ4n) is 2.36. The van der Waals surface area contributed by atoms with Gasteiger partial charge in [-0.3, -0.25) is 0 Å². The molecule has 15 heavy (non-hydrogen) atoms. The van der Waals surface area contributed by atoms with Crippen LogP contribution < -0.4 is 0 Å². The highest BCUT2D eigenvalue weighted by Gasteiger charge is 2.43. The molecule has 1 atom stereocenters. The van der Waals surface area contributed by atoms with Gasteiger partial charge in [0.25, 0.3) is 0 Å². The third-order valence-corrected chi connectivity index (χ3v) is 4.74. The van der Waals surface area contributed by atoms with Crippen LogP contribution in [0.2, 0.25) is 0 Å². The fourth-order valence-corrected chi connectivity index (χ4v) is 3.33. The second-order valence-electron chi connectivity index (χ2n) is 4.28. The maximum absolute atomic E-state index is 11.6. The average molecular weight is 231 g/mol. The van der Waals surface area contributed by atoms with E-state index in [4.69, 9.17) is 4.74 Å². The summed E-state index contributed by atoms with van der Waals surface area (Å²) in [7, 11) is -3.26. The van der Waals surface area contributed by atoms with Crippen molar-refractivity contribution in [1.82, 2.24) is 4.31 Å². The zero-order valence-corrected chi connectivity index (χ0v) is 9.63. The van der Waals surface area contributed by atoms with Crippen LogP contribution in [0.25, 0.3) is 0 Å². The maximum Gasteiger partial charge on any atom is 0.235 e. The first-order valence-corrected chi connectivity index (χ1v) is 6.85. The Hall–Kier alpha value is -0.390. The Balaban J connectivity index is 2.08. The van der Waals surface area contributed by atoms with Crippen LogP contribution in [0.3, 0.4) is 0 Å². The van der Waals surface area contributed by atoms with E-state index < -0.39 is 10.0 Å². The van der Waals surface area contributed by atoms with Crippen LogP contribution in [0, 0.1) is 0 Å². The van der Waals surface area contributed by atoms with Gasteiger partial charge in [0.2, 0.25) is 10.0 Å². The van der Waals surface area contributed by atoms with Crippen LogP contribution in [-0.2, 0) is 14.8 Å². The zero-order valence-electron chi connectivity index (χ0n) is 8.81. The molecule has 4 nitrogen and oxygen atoms in total. The van der Waals surface area contributed by atoms with Crippen molar-refractivity contribution in [2.45, 2.75) is 31.3 Å². The van der Waals surface area contributed by atoms with Gasteiger partial charge in [0.15, 0.2) is 0 Å². The molecule has 86 valence electrons. The summed E-state index contributed by atoms with van der Waals surface area (Å²) in [5, 5.41) is 1.02. The summed E-state index contributed by atoms with van der Waals surface area (Å²) in [6.45, 7) is 5.17. The monoisotopic (exact) mass is 231 g/mol. The van der Waals surface area contributed by atoms with Gasteiger partial charge in [0.1, 0.15) is 0 Å². The molecule has 2 aliphatic heterocycles. The van der Waals surface area contributed by atoms with E-state index in [0.717, 1.165) is 37.7 Å². The normalized spacial score (nSPS) is 33.3. The Kier molecular flexibility index (Phi) is 2.87. The minimum absolute atomic E-state index is 0.200. The van der Waals surface area contributed by atoms with Crippen molar-refractivity contribution in [1.29, 1.82) is 0 Å². The second kappa shape index (κ2) is 3.88. The molecule has 0 N–H and O–H groups in total. The quantitative estimate of drug-likeness (QED) is 0.715. The second-order valence-corrected chi connectivity index (χ2v) is 6.16. The van der Waals surface area contributed by atoms with Gasteiger partial charge in [-0.05, 0) is 25.7 Å². The molecule has 0 bridgehead atoms. The summed E-state index contributed by atoms with van der Waals surface area (Å²) in [6, 6.07) is 0. The fraction of sp³-hybridized carbons (Fsp3) is 0.800. The molecule has 0 aromatic heterocycles. The van der Waals surface area contributed by atoms with Crippen molar-refractivity contribution in [2.24, 2.45) is 0 Å². The Morgan fingerprint density at radius 1 is 1.33 bits per heavy atom. The lowest BCUT2D eigenvalue weighted by molar-refractivity contribution is -0.0664. The van der Waals surface area contributed by atoms with Crippen LogP contribution in [-0.4, -0.2) is 38.0 Å². The van der Waals surface area contributed by atoms with Crippen LogP contribution in [0.4, 0.5) is 0 Å². The van der Waals surface area contributed by atoms with Gasteiger partial charge in [0, 0.05) is 25.1 Å². The van der Waals surface area contributed by atoms with Gasteiger partial charge in [0.05, 0.1) is 5.60 Å². The molecule has 2 aliphatic rings. The molecule has 0 amide bonds. The molecule has 0 aromatic rings. The summed E-state index contributed by atoms with van der Waals surface area (Å²) < 4.78 is 30.4. The summed E-state index contributed by atoms with van der Waals surface area (Å²) >= 11 is 0. The molecule has 0 aliphatic carbocycles. The largest absolute Gasteiger partial charge is 0.374 e. The lowest BCUT2D eigenvalue weighted by Crippen LogP contribution is -2.40. The molecule has 5 heteroatoms. The van der Waals surface area contributed by atoms with Crippen molar-refractivity contribution >= 4 is 10.0 Å². The number of hydrogen-bond acceptors (Lipinski definition) is 3. The van der Waals surface area contributed by atoms with Crippen molar-refractivity contribution in [2.75, 3.05) is 19.7 Å². The van der Waals surface area contributed by atoms with Gasteiger partial charge in [-0.2, -0.15) is 4.31 Å². The smallest absolute Gasteiger partial charge is 0.235 e. The van der Waals surface area contributed by atoms with Crippen LogP contribution in [0.1, 0.15) is 25.7 Å². The molecule has 2 rings (SSSR count). The summed E-state index contributed by atoms with van der Waals surface area (Å²) in [5.41, 5.74) is -0.200. The molecule has 2 saturated heterocycles. The summed E-state index contributed by atoms with van der Waals surface area (Å²) in [4.78, 5) is 0. The third kappa shape index (κ3) is 2.09. The molecule has 2 fully saturated rings. The number of hydrogen-bond donors (Lipinski definition) is 0. The van der Waals surface area contributed by atoms with Gasteiger partial charge >= 0.3 is 0 Å². The summed E-state index contributed by atoms with van der Waals surface area (Å²) in [6.07, 6.45) is 4.04. The van der Waals surface area contributed by atoms with Gasteiger partial charge in [-0.1, -0.05) is 6.58 Å². The van der Waals surface area contributed by atoms with Crippen LogP contribution in [0.15, 0.2) is 12.0 Å². The highest BCUT2D eigenvalue weighted by atomic mass is 32.2. The van der Waals surface area contributed by atoms with E-state index in [9.17, 15) is 8.42 Å². The van der Waals surface area contributed by atoms with Crippen molar-refractivity contribution in [3.8, 4) is 0 Å². The summed E-state index contributed by atoms with van der Waals surface area (Å²) in [5.74, 6) is 0. The van der Waals surface area contributed by atoms with Crippen molar-refractivity contribution < 1.29 is 13.2 Å². The topological polar surface area (TPSA) is 46.6 Å². The molecule has 1 unspecified atom stereocenters. The molecule has 0 saturated carbocycles. The van der Waals surface area contributed by atoms with E-state index in [1.807, 2.05) is 0 Å². The Morgan fingerprint density at radius 3 is 2.73 bits per heavy atom. The van der Waals surface area contributed by atoms with Gasteiger partial charge in [-0.15, -0.1) is 0 Å². The molecule has 0 radical (unpaired) electrons. The molecule has 1 spiro atoms. The van der Waals surface area contributed by atoms with E-state index in [-0.39, 0.29) is 5.60 Å². The van der Waals surface area contributed by atoms with E-state index >= 15 is 0 Å². The number of nitrogens with zero attached hydrogens (tertiary/aromatic N) is 1. The first-order valence-electron chi connectivity index (χ1n) is 5.35. The number of sulfonamides is 1. The Labute approximate surface area is 91.0 Å². The lowest BCUT2D eigenvalue weighted by Gasteiger charge is -2.33. The predicted octanol–water partition coefficient (Wildman–Crippen LogP) is 1.10. The predicted molar refractivity (Wildman–Crippen MR) is 57.8 cm³/mol. The van der Waals surface area contributed by atoms with Crippen LogP contribution >= 0.6 is 0 Å². The Morgan fingerprint density at radius 2 is 2.13 bits per heavy atom. The highest BCUT2D eigenvalue weighted by Crippen LogP contribution is 2.35. The maximum atomic E-state index is 11.6. The van der Waals surface area contributed by atoms with Crippen LogP contribution in [0.5, 0.6) is 0 Å². The van der Waals surface area contributed by atoms with Crippen molar-refractivity contribution in [3.63, 3.8) is 0 Å². The Bertz CT molecular complexity index is 344. The first kappa shape index (κ1) is 11.1. The van der Waals surface area contributed by atoms with E-state index in [2.05, 4.69) is 6.58 Å². The highest BCUT2D eigenvalue weighted by molar-refractivity contribution is 7.92. The molecular weight excluding hydrogens is 214 g/mol. The zero-order chi connectivity index (χ0) is 10.9. The van der Waals surface area contributed by atoms with E-state index in [1.165, 1.54) is 4.31 Å². The molecular formula is C10H17NO3S. The number of rotatable bonds is 2. The average Bonchev–Trinajstić information content (AvgIpc) is 2.64. The van der Waals surface area contributed by atoms with E-state index in [0.29, 0.717) is 13.1 Å². The number of ether oxygens (including phenoxy) is 1.